The van der Waals surface area contributed by atoms with Crippen molar-refractivity contribution in [2.45, 2.75) is 18.4 Å². The molecule has 0 radical (unpaired) electrons. The predicted molar refractivity (Wildman–Crippen MR) is 137 cm³/mol. The standard InChI is InChI=1S/C25H27ClN4O3S/c1-19-5-4-6-21(15-19)17-30(34(32,33)24-13-9-22(26)10-14-24)18-25(31)28-27-16-20-7-11-23(12-8-20)29(2)3/h4-16H,17-18H2,1-3H3,(H,28,31)/b27-16-. The van der Waals surface area contributed by atoms with Crippen molar-refractivity contribution < 1.29 is 13.2 Å². The molecule has 1 amide bonds. The maximum absolute atomic E-state index is 13.3. The van der Waals surface area contributed by atoms with Gasteiger partial charge in [-0.3, -0.25) is 4.79 Å². The number of halogens is 1. The molecule has 0 fully saturated rings. The molecule has 3 aromatic carbocycles. The lowest BCUT2D eigenvalue weighted by Crippen LogP contribution is -2.39. The second kappa shape index (κ2) is 11.3. The van der Waals surface area contributed by atoms with Gasteiger partial charge in [0.2, 0.25) is 10.0 Å². The Balaban J connectivity index is 1.76. The second-order valence-electron chi connectivity index (χ2n) is 8.00. The number of aryl methyl sites for hydroxylation is 1. The Bertz CT molecular complexity index is 1260. The van der Waals surface area contributed by atoms with Crippen molar-refractivity contribution >= 4 is 39.4 Å². The maximum atomic E-state index is 13.3. The summed E-state index contributed by atoms with van der Waals surface area (Å²) in [5.41, 5.74) is 6.03. The highest BCUT2D eigenvalue weighted by atomic mass is 35.5. The maximum Gasteiger partial charge on any atom is 0.255 e. The summed E-state index contributed by atoms with van der Waals surface area (Å²) in [5, 5.41) is 4.41. The van der Waals surface area contributed by atoms with Crippen LogP contribution in [-0.2, 0) is 21.4 Å². The van der Waals surface area contributed by atoms with E-state index >= 15 is 0 Å². The van der Waals surface area contributed by atoms with E-state index in [-0.39, 0.29) is 11.4 Å². The summed E-state index contributed by atoms with van der Waals surface area (Å²) < 4.78 is 27.7. The van der Waals surface area contributed by atoms with Crippen LogP contribution >= 0.6 is 11.6 Å². The van der Waals surface area contributed by atoms with Crippen LogP contribution in [0, 0.1) is 6.92 Å². The van der Waals surface area contributed by atoms with E-state index in [1.165, 1.54) is 30.5 Å². The number of anilines is 1. The van der Waals surface area contributed by atoms with Gasteiger partial charge in [0, 0.05) is 31.4 Å². The predicted octanol–water partition coefficient (Wildman–Crippen LogP) is 4.06. The Morgan fingerprint density at radius 3 is 2.32 bits per heavy atom. The van der Waals surface area contributed by atoms with Crippen LogP contribution in [0.25, 0.3) is 0 Å². The molecule has 0 saturated heterocycles. The fourth-order valence-electron chi connectivity index (χ4n) is 3.23. The highest BCUT2D eigenvalue weighted by molar-refractivity contribution is 7.89. The molecular weight excluding hydrogens is 472 g/mol. The van der Waals surface area contributed by atoms with Crippen LogP contribution in [0.3, 0.4) is 0 Å². The van der Waals surface area contributed by atoms with Gasteiger partial charge >= 0.3 is 0 Å². The summed E-state index contributed by atoms with van der Waals surface area (Å²) in [7, 11) is -0.0601. The Hall–Kier alpha value is -3.20. The van der Waals surface area contributed by atoms with E-state index in [1.54, 1.807) is 0 Å². The molecule has 3 aromatic rings. The molecule has 0 atom stereocenters. The average molecular weight is 499 g/mol. The van der Waals surface area contributed by atoms with Gasteiger partial charge in [-0.2, -0.15) is 9.41 Å². The molecule has 0 aliphatic carbocycles. The first-order valence-corrected chi connectivity index (χ1v) is 12.4. The van der Waals surface area contributed by atoms with Crippen LogP contribution in [0.5, 0.6) is 0 Å². The molecule has 0 bridgehead atoms. The van der Waals surface area contributed by atoms with Crippen molar-refractivity contribution in [1.29, 1.82) is 0 Å². The van der Waals surface area contributed by atoms with Gasteiger partial charge in [0.05, 0.1) is 17.7 Å². The molecule has 0 aliphatic heterocycles. The molecule has 0 unspecified atom stereocenters. The highest BCUT2D eigenvalue weighted by Gasteiger charge is 2.27. The van der Waals surface area contributed by atoms with E-state index < -0.39 is 22.5 Å². The van der Waals surface area contributed by atoms with E-state index in [0.29, 0.717) is 5.02 Å². The average Bonchev–Trinajstić information content (AvgIpc) is 2.79. The van der Waals surface area contributed by atoms with Gasteiger partial charge in [-0.25, -0.2) is 13.8 Å². The molecule has 0 spiro atoms. The largest absolute Gasteiger partial charge is 0.378 e. The third kappa shape index (κ3) is 6.90. The lowest BCUT2D eigenvalue weighted by atomic mass is 10.1. The number of nitrogens with zero attached hydrogens (tertiary/aromatic N) is 3. The Labute approximate surface area is 205 Å². The fraction of sp³-hybridized carbons (Fsp3) is 0.200. The minimum absolute atomic E-state index is 0.0375. The molecule has 178 valence electrons. The van der Waals surface area contributed by atoms with Crippen molar-refractivity contribution in [3.63, 3.8) is 0 Å². The van der Waals surface area contributed by atoms with Gasteiger partial charge in [-0.15, -0.1) is 0 Å². The van der Waals surface area contributed by atoms with E-state index in [9.17, 15) is 13.2 Å². The smallest absolute Gasteiger partial charge is 0.255 e. The van der Waals surface area contributed by atoms with Crippen LogP contribution in [-0.4, -0.2) is 45.5 Å². The molecule has 1 N–H and O–H groups in total. The SMILES string of the molecule is Cc1cccc(CN(CC(=O)N/N=C\c2ccc(N(C)C)cc2)S(=O)(=O)c2ccc(Cl)cc2)c1. The minimum Gasteiger partial charge on any atom is -0.378 e. The van der Waals surface area contributed by atoms with Crippen LogP contribution in [0.15, 0.2) is 82.8 Å². The molecule has 0 saturated carbocycles. The first-order valence-electron chi connectivity index (χ1n) is 10.6. The lowest BCUT2D eigenvalue weighted by molar-refractivity contribution is -0.121. The number of sulfonamides is 1. The number of nitrogens with one attached hydrogen (secondary N) is 1. The van der Waals surface area contributed by atoms with E-state index in [4.69, 9.17) is 11.6 Å². The number of rotatable bonds is 9. The second-order valence-corrected chi connectivity index (χ2v) is 10.4. The number of carbonyl (C=O) groups is 1. The van der Waals surface area contributed by atoms with Crippen molar-refractivity contribution in [2.24, 2.45) is 5.10 Å². The molecule has 9 heteroatoms. The number of carbonyl (C=O) groups excluding carboxylic acids is 1. The summed E-state index contributed by atoms with van der Waals surface area (Å²) in [5.74, 6) is -0.550. The minimum atomic E-state index is -3.96. The first-order chi connectivity index (χ1) is 16.1. The van der Waals surface area contributed by atoms with Gasteiger partial charge in [-0.05, 0) is 54.4 Å². The van der Waals surface area contributed by atoms with Crippen LogP contribution in [0.4, 0.5) is 5.69 Å². The van der Waals surface area contributed by atoms with E-state index in [0.717, 1.165) is 26.7 Å². The van der Waals surface area contributed by atoms with Gasteiger partial charge in [-0.1, -0.05) is 53.6 Å². The number of benzene rings is 3. The zero-order valence-electron chi connectivity index (χ0n) is 19.3. The van der Waals surface area contributed by atoms with Crippen LogP contribution < -0.4 is 10.3 Å². The molecular formula is C25H27ClN4O3S. The molecule has 0 aliphatic rings. The third-order valence-corrected chi connectivity index (χ3v) is 7.08. The van der Waals surface area contributed by atoms with Gasteiger partial charge < -0.3 is 4.90 Å². The van der Waals surface area contributed by atoms with Crippen LogP contribution in [0.1, 0.15) is 16.7 Å². The Morgan fingerprint density at radius 2 is 1.71 bits per heavy atom. The monoisotopic (exact) mass is 498 g/mol. The Kier molecular flexibility index (Phi) is 8.44. The normalized spacial score (nSPS) is 11.7. The summed E-state index contributed by atoms with van der Waals surface area (Å²) in [4.78, 5) is 14.7. The van der Waals surface area contributed by atoms with E-state index in [1.807, 2.05) is 74.4 Å². The van der Waals surface area contributed by atoms with Crippen LogP contribution in [0.2, 0.25) is 5.02 Å². The quantitative estimate of drug-likeness (QED) is 0.356. The first kappa shape index (κ1) is 25.4. The zero-order valence-corrected chi connectivity index (χ0v) is 20.8. The number of hydrogen-bond donors (Lipinski definition) is 1. The third-order valence-electron chi connectivity index (χ3n) is 5.03. The summed E-state index contributed by atoms with van der Waals surface area (Å²) in [6, 6.07) is 21.0. The lowest BCUT2D eigenvalue weighted by Gasteiger charge is -2.21. The van der Waals surface area contributed by atoms with Gasteiger partial charge in [0.25, 0.3) is 5.91 Å². The van der Waals surface area contributed by atoms with Crippen molar-refractivity contribution in [1.82, 2.24) is 9.73 Å². The highest BCUT2D eigenvalue weighted by Crippen LogP contribution is 2.21. The summed E-state index contributed by atoms with van der Waals surface area (Å²) in [6.45, 7) is 1.57. The number of amides is 1. The number of hydrazone groups is 1. The molecule has 0 heterocycles. The van der Waals surface area contributed by atoms with Crippen molar-refractivity contribution in [2.75, 3.05) is 25.5 Å². The summed E-state index contributed by atoms with van der Waals surface area (Å²) >= 11 is 5.91. The zero-order chi connectivity index (χ0) is 24.7. The molecule has 7 nitrogen and oxygen atoms in total. The molecule has 34 heavy (non-hydrogen) atoms. The van der Waals surface area contributed by atoms with Gasteiger partial charge in [0.15, 0.2) is 0 Å². The van der Waals surface area contributed by atoms with Crippen molar-refractivity contribution in [3.8, 4) is 0 Å². The molecule has 3 rings (SSSR count). The topological polar surface area (TPSA) is 82.1 Å². The van der Waals surface area contributed by atoms with Gasteiger partial charge in [0.1, 0.15) is 0 Å². The van der Waals surface area contributed by atoms with Crippen molar-refractivity contribution in [3.05, 3.63) is 94.5 Å². The molecule has 0 aromatic heterocycles. The number of hydrogen-bond acceptors (Lipinski definition) is 5. The Morgan fingerprint density at radius 1 is 1.03 bits per heavy atom. The van der Waals surface area contributed by atoms with E-state index in [2.05, 4.69) is 10.5 Å². The summed E-state index contributed by atoms with van der Waals surface area (Å²) in [6.07, 6.45) is 1.51. The fourth-order valence-corrected chi connectivity index (χ4v) is 4.74.